The summed E-state index contributed by atoms with van der Waals surface area (Å²) in [6.45, 7) is 1.65. The van der Waals surface area contributed by atoms with E-state index < -0.39 is 11.6 Å². The molecule has 7 heteroatoms. The lowest BCUT2D eigenvalue weighted by Crippen LogP contribution is -2.30. The number of amides is 1. The molecule has 2 aromatic carbocycles. The molecule has 0 saturated heterocycles. The zero-order chi connectivity index (χ0) is 17.7. The molecule has 0 unspecified atom stereocenters. The molecule has 0 saturated carbocycles. The summed E-state index contributed by atoms with van der Waals surface area (Å²) in [5, 5.41) is 14.9. The fourth-order valence-electron chi connectivity index (χ4n) is 2.06. The van der Waals surface area contributed by atoms with E-state index in [4.69, 9.17) is 16.9 Å². The molecule has 0 aromatic heterocycles. The first-order valence-electron chi connectivity index (χ1n) is 7.08. The number of carbonyl (C=O) groups is 1. The van der Waals surface area contributed by atoms with E-state index in [1.54, 1.807) is 13.0 Å². The number of nitrogens with one attached hydrogen (secondary N) is 2. The molecule has 1 atom stereocenters. The Bertz CT molecular complexity index is 805. The predicted molar refractivity (Wildman–Crippen MR) is 87.6 cm³/mol. The van der Waals surface area contributed by atoms with Crippen molar-refractivity contribution in [1.82, 2.24) is 5.32 Å². The number of hydrogen-bond acceptors (Lipinski definition) is 3. The van der Waals surface area contributed by atoms with Crippen LogP contribution in [0, 0.1) is 23.0 Å². The Balaban J connectivity index is 1.97. The van der Waals surface area contributed by atoms with E-state index in [1.165, 1.54) is 18.2 Å². The molecule has 4 nitrogen and oxygen atoms in total. The van der Waals surface area contributed by atoms with Crippen molar-refractivity contribution >= 4 is 23.2 Å². The second kappa shape index (κ2) is 7.86. The van der Waals surface area contributed by atoms with E-state index in [1.807, 2.05) is 6.07 Å². The Hall–Kier alpha value is -2.49. The van der Waals surface area contributed by atoms with E-state index in [9.17, 15) is 13.6 Å². The summed E-state index contributed by atoms with van der Waals surface area (Å²) in [6.07, 6.45) is 0. The van der Waals surface area contributed by atoms with Crippen molar-refractivity contribution in [2.75, 3.05) is 11.9 Å². The van der Waals surface area contributed by atoms with Gasteiger partial charge in [0, 0.05) is 11.1 Å². The van der Waals surface area contributed by atoms with Crippen molar-refractivity contribution in [3.05, 3.63) is 64.2 Å². The Morgan fingerprint density at radius 2 is 2.00 bits per heavy atom. The molecule has 0 spiro atoms. The van der Waals surface area contributed by atoms with Gasteiger partial charge in [-0.15, -0.1) is 0 Å². The molecule has 0 aliphatic carbocycles. The number of rotatable bonds is 5. The van der Waals surface area contributed by atoms with E-state index in [0.29, 0.717) is 21.8 Å². The minimum Gasteiger partial charge on any atom is -0.324 e. The van der Waals surface area contributed by atoms with Gasteiger partial charge in [0.2, 0.25) is 5.91 Å². The maximum atomic E-state index is 13.2. The number of anilines is 1. The summed E-state index contributed by atoms with van der Waals surface area (Å²) >= 11 is 5.85. The standard InChI is InChI=1S/C17H14ClF2N3O/c1-10(11-3-5-14(19)15(20)6-11)22-9-17(24)23-16-7-13(18)4-2-12(16)8-21/h2-7,10,22H,9H2,1H3,(H,23,24)/t10-/m0/s1. The molecule has 24 heavy (non-hydrogen) atoms. The van der Waals surface area contributed by atoms with Gasteiger partial charge in [-0.05, 0) is 42.8 Å². The molecule has 1 amide bonds. The van der Waals surface area contributed by atoms with Crippen LogP contribution in [0.25, 0.3) is 0 Å². The van der Waals surface area contributed by atoms with Crippen molar-refractivity contribution < 1.29 is 13.6 Å². The monoisotopic (exact) mass is 349 g/mol. The Labute approximate surface area is 143 Å². The van der Waals surface area contributed by atoms with Crippen LogP contribution in [0.4, 0.5) is 14.5 Å². The van der Waals surface area contributed by atoms with Gasteiger partial charge in [-0.25, -0.2) is 8.78 Å². The minimum absolute atomic E-state index is 0.0719. The highest BCUT2D eigenvalue weighted by Crippen LogP contribution is 2.20. The molecule has 2 N–H and O–H groups in total. The van der Waals surface area contributed by atoms with Crippen LogP contribution in [-0.4, -0.2) is 12.5 Å². The number of nitrogens with zero attached hydrogens (tertiary/aromatic N) is 1. The van der Waals surface area contributed by atoms with Crippen LogP contribution in [0.5, 0.6) is 0 Å². The summed E-state index contributed by atoms with van der Waals surface area (Å²) < 4.78 is 26.1. The van der Waals surface area contributed by atoms with Gasteiger partial charge in [0.25, 0.3) is 0 Å². The lowest BCUT2D eigenvalue weighted by Gasteiger charge is -2.15. The Morgan fingerprint density at radius 1 is 1.25 bits per heavy atom. The topological polar surface area (TPSA) is 64.9 Å². The smallest absolute Gasteiger partial charge is 0.238 e. The summed E-state index contributed by atoms with van der Waals surface area (Å²) in [4.78, 5) is 12.0. The van der Waals surface area contributed by atoms with Gasteiger partial charge >= 0.3 is 0 Å². The molecule has 0 aliphatic heterocycles. The molecule has 0 aliphatic rings. The van der Waals surface area contributed by atoms with Gasteiger partial charge in [-0.3, -0.25) is 4.79 Å². The van der Waals surface area contributed by atoms with E-state index in [0.717, 1.165) is 12.1 Å². The third-order valence-corrected chi connectivity index (χ3v) is 3.62. The van der Waals surface area contributed by atoms with E-state index in [-0.39, 0.29) is 18.5 Å². The highest BCUT2D eigenvalue weighted by molar-refractivity contribution is 6.31. The molecule has 0 radical (unpaired) electrons. The molecule has 0 fully saturated rings. The number of benzene rings is 2. The number of nitriles is 1. The highest BCUT2D eigenvalue weighted by atomic mass is 35.5. The number of carbonyl (C=O) groups excluding carboxylic acids is 1. The van der Waals surface area contributed by atoms with Crippen LogP contribution in [0.2, 0.25) is 5.02 Å². The van der Waals surface area contributed by atoms with Crippen LogP contribution in [-0.2, 0) is 4.79 Å². The summed E-state index contributed by atoms with van der Waals surface area (Å²) in [5.74, 6) is -2.25. The highest BCUT2D eigenvalue weighted by Gasteiger charge is 2.12. The van der Waals surface area contributed by atoms with Gasteiger partial charge in [-0.1, -0.05) is 17.7 Å². The molecule has 0 bridgehead atoms. The van der Waals surface area contributed by atoms with Crippen LogP contribution < -0.4 is 10.6 Å². The zero-order valence-electron chi connectivity index (χ0n) is 12.7. The average Bonchev–Trinajstić information content (AvgIpc) is 2.55. The third kappa shape index (κ3) is 4.51. The van der Waals surface area contributed by atoms with Gasteiger partial charge in [0.1, 0.15) is 6.07 Å². The van der Waals surface area contributed by atoms with E-state index in [2.05, 4.69) is 10.6 Å². The zero-order valence-corrected chi connectivity index (χ0v) is 13.5. The molecule has 2 rings (SSSR count). The fraction of sp³-hybridized carbons (Fsp3) is 0.176. The molecule has 2 aromatic rings. The van der Waals surface area contributed by atoms with Crippen LogP contribution in [0.15, 0.2) is 36.4 Å². The first kappa shape index (κ1) is 17.9. The second-order valence-electron chi connectivity index (χ2n) is 5.13. The van der Waals surface area contributed by atoms with Crippen molar-refractivity contribution in [2.24, 2.45) is 0 Å². The number of halogens is 3. The maximum Gasteiger partial charge on any atom is 0.238 e. The van der Waals surface area contributed by atoms with Gasteiger partial charge in [0.15, 0.2) is 11.6 Å². The second-order valence-corrected chi connectivity index (χ2v) is 5.56. The lowest BCUT2D eigenvalue weighted by molar-refractivity contribution is -0.115. The summed E-state index contributed by atoms with van der Waals surface area (Å²) in [5.41, 5.74) is 1.13. The third-order valence-electron chi connectivity index (χ3n) is 3.39. The molecule has 124 valence electrons. The first-order valence-corrected chi connectivity index (χ1v) is 7.46. The SMILES string of the molecule is C[C@H](NCC(=O)Nc1cc(Cl)ccc1C#N)c1ccc(F)c(F)c1. The summed E-state index contributed by atoms with van der Waals surface area (Å²) in [6, 6.07) is 9.70. The Kier molecular flexibility index (Phi) is 5.85. The average molecular weight is 350 g/mol. The van der Waals surface area contributed by atoms with Crippen molar-refractivity contribution in [3.63, 3.8) is 0 Å². The molecular formula is C17H14ClF2N3O. The minimum atomic E-state index is -0.941. The van der Waals surface area contributed by atoms with Crippen molar-refractivity contribution in [1.29, 1.82) is 5.26 Å². The molecular weight excluding hydrogens is 336 g/mol. The van der Waals surface area contributed by atoms with Gasteiger partial charge < -0.3 is 10.6 Å². The van der Waals surface area contributed by atoms with Crippen LogP contribution in [0.3, 0.4) is 0 Å². The normalized spacial score (nSPS) is 11.6. The van der Waals surface area contributed by atoms with Crippen molar-refractivity contribution in [3.8, 4) is 6.07 Å². The van der Waals surface area contributed by atoms with E-state index >= 15 is 0 Å². The van der Waals surface area contributed by atoms with Gasteiger partial charge in [0.05, 0.1) is 17.8 Å². The van der Waals surface area contributed by atoms with Gasteiger partial charge in [-0.2, -0.15) is 5.26 Å². The first-order chi connectivity index (χ1) is 11.4. The maximum absolute atomic E-state index is 13.2. The van der Waals surface area contributed by atoms with Crippen LogP contribution >= 0.6 is 11.6 Å². The Morgan fingerprint density at radius 3 is 2.67 bits per heavy atom. The largest absolute Gasteiger partial charge is 0.324 e. The number of hydrogen-bond donors (Lipinski definition) is 2. The summed E-state index contributed by atoms with van der Waals surface area (Å²) in [7, 11) is 0. The molecule has 0 heterocycles. The fourth-order valence-corrected chi connectivity index (χ4v) is 2.23. The van der Waals surface area contributed by atoms with Crippen LogP contribution in [0.1, 0.15) is 24.1 Å². The lowest BCUT2D eigenvalue weighted by atomic mass is 10.1. The van der Waals surface area contributed by atoms with Crippen molar-refractivity contribution in [2.45, 2.75) is 13.0 Å². The predicted octanol–water partition coefficient (Wildman–Crippen LogP) is 3.78. The quantitative estimate of drug-likeness (QED) is 0.863.